The highest BCUT2D eigenvalue weighted by atomic mass is 127. The lowest BCUT2D eigenvalue weighted by Crippen LogP contribution is -2.24. The number of para-hydroxylation sites is 2. The zero-order chi connectivity index (χ0) is 17.7. The molecule has 5 heteroatoms. The molecule has 0 atom stereocenters. The van der Waals surface area contributed by atoms with Crippen molar-refractivity contribution >= 4 is 64.3 Å². The van der Waals surface area contributed by atoms with Crippen LogP contribution in [0.25, 0.3) is 5.57 Å². The van der Waals surface area contributed by atoms with Gasteiger partial charge in [-0.05, 0) is 48.3 Å². The summed E-state index contributed by atoms with van der Waals surface area (Å²) in [6.07, 6.45) is 6.92. The number of nitrogens with zero attached hydrogens (tertiary/aromatic N) is 2. The molecule has 5 rings (SSSR count). The minimum atomic E-state index is -0.341. The van der Waals surface area contributed by atoms with Gasteiger partial charge in [-0.25, -0.2) is 0 Å². The highest BCUT2D eigenvalue weighted by molar-refractivity contribution is 14.2. The summed E-state index contributed by atoms with van der Waals surface area (Å²) >= 11 is 8.13. The molecule has 0 saturated heterocycles. The van der Waals surface area contributed by atoms with Gasteiger partial charge in [0.2, 0.25) is 0 Å². The summed E-state index contributed by atoms with van der Waals surface area (Å²) in [5, 5.41) is 1.32. The number of allylic oxidation sites excluding steroid dienone is 3. The number of halogens is 2. The van der Waals surface area contributed by atoms with Gasteiger partial charge in [-0.3, -0.25) is 0 Å². The predicted octanol–water partition coefficient (Wildman–Crippen LogP) is 6.17. The van der Waals surface area contributed by atoms with Gasteiger partial charge in [0, 0.05) is 45.1 Å². The van der Waals surface area contributed by atoms with Gasteiger partial charge in [0.15, 0.2) is 0 Å². The Morgan fingerprint density at radius 2 is 2.04 bits per heavy atom. The normalized spacial score (nSPS) is 20.0. The van der Waals surface area contributed by atoms with Gasteiger partial charge in [0.25, 0.3) is 0 Å². The van der Waals surface area contributed by atoms with E-state index < -0.39 is 0 Å². The van der Waals surface area contributed by atoms with Crippen molar-refractivity contribution in [1.29, 1.82) is 0 Å². The molecular formula is C21H18ClIN2S. The molecule has 0 unspecified atom stereocenters. The van der Waals surface area contributed by atoms with E-state index in [0.29, 0.717) is 0 Å². The minimum Gasteiger partial charge on any atom is -0.335 e. The van der Waals surface area contributed by atoms with Gasteiger partial charge in [0.1, 0.15) is 0 Å². The molecule has 0 amide bonds. The summed E-state index contributed by atoms with van der Waals surface area (Å²) in [5.74, 6) is 0. The van der Waals surface area contributed by atoms with Crippen molar-refractivity contribution in [2.24, 2.45) is 0 Å². The fourth-order valence-electron chi connectivity index (χ4n) is 3.82. The predicted molar refractivity (Wildman–Crippen MR) is 124 cm³/mol. The van der Waals surface area contributed by atoms with Gasteiger partial charge < -0.3 is 8.01 Å². The summed E-state index contributed by atoms with van der Waals surface area (Å²) in [6.45, 7) is 1.10. The fraction of sp³-hybridized carbons (Fsp3) is 0.190. The lowest BCUT2D eigenvalue weighted by molar-refractivity contribution is 0.757. The van der Waals surface area contributed by atoms with Crippen LogP contribution in [-0.2, 0) is 6.42 Å². The molecule has 0 fully saturated rings. The largest absolute Gasteiger partial charge is 0.335 e. The molecule has 132 valence electrons. The molecule has 26 heavy (non-hydrogen) atoms. The van der Waals surface area contributed by atoms with E-state index in [1.807, 2.05) is 11.8 Å². The Hall–Kier alpha value is -1.24. The summed E-state index contributed by atoms with van der Waals surface area (Å²) in [4.78, 5) is 3.88. The van der Waals surface area contributed by atoms with Crippen LogP contribution in [0.5, 0.6) is 0 Å². The van der Waals surface area contributed by atoms with Gasteiger partial charge in [-0.1, -0.05) is 53.7 Å². The SMILES string of the molecule is CN1I=C(Cl)C=C(/C=C2/Sc3cccc4c3N2CCC4)c2ccccc21. The maximum Gasteiger partial charge on any atom is 0.0902 e. The molecule has 0 spiro atoms. The van der Waals surface area contributed by atoms with E-state index in [9.17, 15) is 0 Å². The zero-order valence-corrected chi connectivity index (χ0v) is 18.1. The number of rotatable bonds is 1. The van der Waals surface area contributed by atoms with Crippen LogP contribution in [0.3, 0.4) is 0 Å². The Morgan fingerprint density at radius 3 is 2.96 bits per heavy atom. The second-order valence-electron chi connectivity index (χ2n) is 6.57. The Bertz CT molecular complexity index is 995. The first-order valence-corrected chi connectivity index (χ1v) is 12.0. The molecular weight excluding hydrogens is 475 g/mol. The van der Waals surface area contributed by atoms with Crippen LogP contribution in [0.15, 0.2) is 64.5 Å². The number of thioether (sulfide) groups is 1. The van der Waals surface area contributed by atoms with Crippen LogP contribution in [0.4, 0.5) is 11.4 Å². The van der Waals surface area contributed by atoms with E-state index in [1.54, 1.807) is 0 Å². The first-order chi connectivity index (χ1) is 12.7. The lowest BCUT2D eigenvalue weighted by atomic mass is 10.0. The van der Waals surface area contributed by atoms with Crippen LogP contribution in [0.1, 0.15) is 17.5 Å². The van der Waals surface area contributed by atoms with Crippen molar-refractivity contribution < 1.29 is 0 Å². The number of hydrogen-bond acceptors (Lipinski definition) is 3. The van der Waals surface area contributed by atoms with Crippen molar-refractivity contribution in [1.82, 2.24) is 0 Å². The van der Waals surface area contributed by atoms with E-state index in [0.717, 1.165) is 9.51 Å². The number of fused-ring (bicyclic) bond motifs is 1. The third-order valence-corrected chi connectivity index (χ3v) is 8.61. The Labute approximate surface area is 173 Å². The van der Waals surface area contributed by atoms with Gasteiger partial charge in [-0.15, -0.1) is 0 Å². The highest BCUT2D eigenvalue weighted by Crippen LogP contribution is 2.50. The van der Waals surface area contributed by atoms with Gasteiger partial charge >= 0.3 is 0 Å². The van der Waals surface area contributed by atoms with Crippen LogP contribution < -0.4 is 8.01 Å². The summed E-state index contributed by atoms with van der Waals surface area (Å²) in [7, 11) is 2.15. The maximum absolute atomic E-state index is 6.58. The molecule has 0 aromatic heterocycles. The fourth-order valence-corrected chi connectivity index (χ4v) is 7.61. The first kappa shape index (κ1) is 16.9. The average Bonchev–Trinajstić information content (AvgIpc) is 2.95. The summed E-state index contributed by atoms with van der Waals surface area (Å²) in [5.41, 5.74) is 6.68. The van der Waals surface area contributed by atoms with E-state index >= 15 is 0 Å². The zero-order valence-electron chi connectivity index (χ0n) is 14.4. The van der Waals surface area contributed by atoms with Crippen LogP contribution in [-0.4, -0.2) is 16.6 Å². The number of hydrogen-bond donors (Lipinski definition) is 0. The van der Waals surface area contributed by atoms with Crippen LogP contribution in [0, 0.1) is 0 Å². The van der Waals surface area contributed by atoms with Crippen molar-refractivity contribution in [3.63, 3.8) is 0 Å². The molecule has 3 heterocycles. The second kappa shape index (κ2) is 6.73. The van der Waals surface area contributed by atoms with Gasteiger partial charge in [-0.2, -0.15) is 0 Å². The van der Waals surface area contributed by atoms with Crippen molar-refractivity contribution in [3.8, 4) is 0 Å². The topological polar surface area (TPSA) is 6.48 Å². The molecule has 2 aromatic rings. The number of anilines is 2. The molecule has 0 saturated carbocycles. The molecule has 2 nitrogen and oxygen atoms in total. The number of benzene rings is 2. The highest BCUT2D eigenvalue weighted by Gasteiger charge is 2.30. The quantitative estimate of drug-likeness (QED) is 0.347. The van der Waals surface area contributed by atoms with E-state index in [4.69, 9.17) is 11.6 Å². The van der Waals surface area contributed by atoms with E-state index in [-0.39, 0.29) is 21.0 Å². The Kier molecular flexibility index (Phi) is 4.38. The average molecular weight is 493 g/mol. The maximum atomic E-state index is 6.58. The molecule has 0 N–H and O–H groups in total. The van der Waals surface area contributed by atoms with E-state index in [1.165, 1.54) is 50.8 Å². The Balaban J connectivity index is 1.62. The minimum absolute atomic E-state index is 0.341. The molecule has 0 bridgehead atoms. The Morgan fingerprint density at radius 1 is 1.15 bits per heavy atom. The van der Waals surface area contributed by atoms with Crippen molar-refractivity contribution in [2.75, 3.05) is 21.6 Å². The third kappa shape index (κ3) is 2.83. The summed E-state index contributed by atoms with van der Waals surface area (Å²) in [6, 6.07) is 15.4. The molecule has 2 aromatic carbocycles. The smallest absolute Gasteiger partial charge is 0.0902 e. The standard InChI is InChI=1S/C21H18ClIN2S/c1-24-17-9-3-2-8-16(17)15(12-19(22)23-24)13-20-25-11-5-7-14-6-4-10-18(26-20)21(14)25/h2-4,6,8-10,12-13H,5,7,11H2,1H3/b20-13+. The third-order valence-electron chi connectivity index (χ3n) is 4.96. The molecule has 3 aliphatic rings. The lowest BCUT2D eigenvalue weighted by Gasteiger charge is -2.27. The monoisotopic (exact) mass is 492 g/mol. The van der Waals surface area contributed by atoms with Crippen molar-refractivity contribution in [2.45, 2.75) is 17.7 Å². The van der Waals surface area contributed by atoms with Gasteiger partial charge in [0.05, 0.1) is 19.4 Å². The second-order valence-corrected chi connectivity index (χ2v) is 11.8. The van der Waals surface area contributed by atoms with Crippen LogP contribution >= 0.6 is 44.4 Å². The molecule has 0 radical (unpaired) electrons. The number of aryl methyl sites for hydroxylation is 1. The van der Waals surface area contributed by atoms with E-state index in [2.05, 4.69) is 69.7 Å². The molecule has 0 aliphatic carbocycles. The first-order valence-electron chi connectivity index (χ1n) is 8.72. The summed E-state index contributed by atoms with van der Waals surface area (Å²) < 4.78 is 3.31. The van der Waals surface area contributed by atoms with Crippen molar-refractivity contribution in [3.05, 3.63) is 70.8 Å². The molecule has 3 aliphatic heterocycles. The van der Waals surface area contributed by atoms with Crippen LogP contribution in [0.2, 0.25) is 0 Å².